The molecule has 11 heavy (non-hydrogen) atoms. The van der Waals surface area contributed by atoms with E-state index >= 15 is 0 Å². The summed E-state index contributed by atoms with van der Waals surface area (Å²) in [6.07, 6.45) is -4.52. The van der Waals surface area contributed by atoms with Crippen LogP contribution in [0.2, 0.25) is 0 Å². The van der Waals surface area contributed by atoms with Crippen molar-refractivity contribution in [2.45, 2.75) is 12.2 Å². The molecule has 0 aliphatic carbocycles. The smallest absolute Gasteiger partial charge is 0.468 e. The van der Waals surface area contributed by atoms with Crippen LogP contribution in [0.3, 0.4) is 0 Å². The Bertz CT molecular complexity index is 177. The second kappa shape index (κ2) is 2.69. The van der Waals surface area contributed by atoms with Gasteiger partial charge in [-0.05, 0) is 0 Å². The van der Waals surface area contributed by atoms with Crippen molar-refractivity contribution in [2.24, 2.45) is 4.99 Å². The molecule has 1 atom stereocenters. The highest BCUT2D eigenvalue weighted by Crippen LogP contribution is 2.22. The summed E-state index contributed by atoms with van der Waals surface area (Å²) in [4.78, 5) is 3.10. The molecular formula is C5H6F3NO2. The van der Waals surface area contributed by atoms with Gasteiger partial charge in [-0.15, -0.1) is 0 Å². The van der Waals surface area contributed by atoms with Gasteiger partial charge in [-0.25, -0.2) is 4.99 Å². The van der Waals surface area contributed by atoms with E-state index < -0.39 is 24.7 Å². The van der Waals surface area contributed by atoms with Crippen molar-refractivity contribution in [2.75, 3.05) is 13.2 Å². The Morgan fingerprint density at radius 1 is 1.64 bits per heavy atom. The first-order valence-corrected chi connectivity index (χ1v) is 2.92. The molecule has 0 aromatic rings. The fraction of sp³-hybridized carbons (Fsp3) is 0.800. The van der Waals surface area contributed by atoms with Crippen LogP contribution in [-0.4, -0.2) is 36.4 Å². The molecule has 1 unspecified atom stereocenters. The minimum atomic E-state index is -4.52. The van der Waals surface area contributed by atoms with Crippen LogP contribution < -0.4 is 0 Å². The Kier molecular flexibility index (Phi) is 2.03. The van der Waals surface area contributed by atoms with Crippen LogP contribution in [-0.2, 0) is 4.74 Å². The van der Waals surface area contributed by atoms with Gasteiger partial charge >= 0.3 is 6.18 Å². The molecule has 0 aromatic carbocycles. The zero-order chi connectivity index (χ0) is 8.48. The van der Waals surface area contributed by atoms with Crippen molar-refractivity contribution in [3.63, 3.8) is 0 Å². The van der Waals surface area contributed by atoms with Crippen LogP contribution in [0.15, 0.2) is 4.99 Å². The Hall–Kier alpha value is -0.780. The van der Waals surface area contributed by atoms with Crippen LogP contribution in [0.4, 0.5) is 13.2 Å². The largest absolute Gasteiger partial charge is 0.472 e. The molecule has 0 saturated carbocycles. The molecule has 1 aliphatic rings. The predicted octanol–water partition coefficient (Wildman–Crippen LogP) is 0.338. The topological polar surface area (TPSA) is 41.8 Å². The molecule has 0 amide bonds. The van der Waals surface area contributed by atoms with E-state index in [4.69, 9.17) is 5.11 Å². The highest BCUT2D eigenvalue weighted by molar-refractivity contribution is 5.83. The van der Waals surface area contributed by atoms with Crippen LogP contribution in [0.5, 0.6) is 0 Å². The Morgan fingerprint density at radius 3 is 2.55 bits per heavy atom. The molecule has 0 radical (unpaired) electrons. The van der Waals surface area contributed by atoms with Gasteiger partial charge in [0.25, 0.3) is 5.90 Å². The third-order valence-electron chi connectivity index (χ3n) is 1.17. The van der Waals surface area contributed by atoms with E-state index in [1.807, 2.05) is 0 Å². The number of aliphatic hydroxyl groups excluding tert-OH is 1. The molecular weight excluding hydrogens is 163 g/mol. The lowest BCUT2D eigenvalue weighted by Crippen LogP contribution is -2.22. The molecule has 0 fully saturated rings. The van der Waals surface area contributed by atoms with Gasteiger partial charge < -0.3 is 9.84 Å². The van der Waals surface area contributed by atoms with Gasteiger partial charge in [-0.1, -0.05) is 0 Å². The van der Waals surface area contributed by atoms with Crippen molar-refractivity contribution in [1.82, 2.24) is 0 Å². The molecule has 0 saturated heterocycles. The minimum Gasteiger partial charge on any atom is -0.472 e. The number of hydrogen-bond donors (Lipinski definition) is 1. The van der Waals surface area contributed by atoms with Crippen molar-refractivity contribution in [3.05, 3.63) is 0 Å². The Morgan fingerprint density at radius 2 is 2.27 bits per heavy atom. The molecule has 1 N–H and O–H groups in total. The summed E-state index contributed by atoms with van der Waals surface area (Å²) >= 11 is 0. The lowest BCUT2D eigenvalue weighted by molar-refractivity contribution is -0.0753. The fourth-order valence-corrected chi connectivity index (χ4v) is 0.664. The van der Waals surface area contributed by atoms with Gasteiger partial charge in [-0.2, -0.15) is 13.2 Å². The predicted molar refractivity (Wildman–Crippen MR) is 30.3 cm³/mol. The number of aliphatic imine (C=N–C) groups is 1. The van der Waals surface area contributed by atoms with Crippen molar-refractivity contribution in [1.29, 1.82) is 0 Å². The van der Waals surface area contributed by atoms with Gasteiger partial charge in [0.2, 0.25) is 0 Å². The van der Waals surface area contributed by atoms with Crippen LogP contribution >= 0.6 is 0 Å². The SMILES string of the molecule is OCC1COC(C(F)(F)F)=N1. The summed E-state index contributed by atoms with van der Waals surface area (Å²) in [5.74, 6) is -1.24. The highest BCUT2D eigenvalue weighted by Gasteiger charge is 2.41. The first kappa shape index (κ1) is 8.32. The molecule has 6 heteroatoms. The van der Waals surface area contributed by atoms with Gasteiger partial charge in [0.05, 0.1) is 6.61 Å². The molecule has 1 rings (SSSR count). The monoisotopic (exact) mass is 169 g/mol. The molecule has 1 heterocycles. The number of ether oxygens (including phenoxy) is 1. The molecule has 0 bridgehead atoms. The summed E-state index contributed by atoms with van der Waals surface area (Å²) in [7, 11) is 0. The summed E-state index contributed by atoms with van der Waals surface area (Å²) in [5.41, 5.74) is 0. The normalized spacial score (nSPS) is 24.7. The molecule has 1 aliphatic heterocycles. The van der Waals surface area contributed by atoms with E-state index in [0.29, 0.717) is 0 Å². The zero-order valence-corrected chi connectivity index (χ0v) is 5.43. The van der Waals surface area contributed by atoms with Crippen LogP contribution in [0.1, 0.15) is 0 Å². The van der Waals surface area contributed by atoms with E-state index in [1.54, 1.807) is 0 Å². The first-order valence-electron chi connectivity index (χ1n) is 2.92. The van der Waals surface area contributed by atoms with E-state index in [1.165, 1.54) is 0 Å². The highest BCUT2D eigenvalue weighted by atomic mass is 19.4. The van der Waals surface area contributed by atoms with Crippen molar-refractivity contribution in [3.8, 4) is 0 Å². The Labute approximate surface area is 60.5 Å². The van der Waals surface area contributed by atoms with Gasteiger partial charge in [0, 0.05) is 0 Å². The number of halogens is 3. The summed E-state index contributed by atoms with van der Waals surface area (Å²) in [5, 5.41) is 8.40. The van der Waals surface area contributed by atoms with E-state index in [2.05, 4.69) is 9.73 Å². The molecule has 0 spiro atoms. The van der Waals surface area contributed by atoms with Gasteiger partial charge in [0.15, 0.2) is 0 Å². The average molecular weight is 169 g/mol. The van der Waals surface area contributed by atoms with Crippen LogP contribution in [0, 0.1) is 0 Å². The van der Waals surface area contributed by atoms with Crippen molar-refractivity contribution < 1.29 is 23.0 Å². The number of nitrogens with zero attached hydrogens (tertiary/aromatic N) is 1. The zero-order valence-electron chi connectivity index (χ0n) is 5.43. The lowest BCUT2D eigenvalue weighted by atomic mass is 10.4. The second-order valence-electron chi connectivity index (χ2n) is 2.08. The number of rotatable bonds is 1. The van der Waals surface area contributed by atoms with E-state index in [0.717, 1.165) is 0 Å². The summed E-state index contributed by atoms with van der Waals surface area (Å²) in [6.45, 7) is -0.606. The van der Waals surface area contributed by atoms with Gasteiger partial charge in [-0.3, -0.25) is 0 Å². The quantitative estimate of drug-likeness (QED) is 0.614. The number of aliphatic hydroxyl groups is 1. The maximum absolute atomic E-state index is 11.7. The number of hydrogen-bond acceptors (Lipinski definition) is 3. The fourth-order valence-electron chi connectivity index (χ4n) is 0.664. The third kappa shape index (κ3) is 1.83. The van der Waals surface area contributed by atoms with Crippen LogP contribution in [0.25, 0.3) is 0 Å². The molecule has 64 valence electrons. The van der Waals surface area contributed by atoms with E-state index in [-0.39, 0.29) is 6.61 Å². The van der Waals surface area contributed by atoms with Gasteiger partial charge in [0.1, 0.15) is 12.6 Å². The summed E-state index contributed by atoms with van der Waals surface area (Å²) < 4.78 is 39.4. The number of alkyl halides is 3. The lowest BCUT2D eigenvalue weighted by Gasteiger charge is -2.03. The average Bonchev–Trinajstić information content (AvgIpc) is 2.32. The summed E-state index contributed by atoms with van der Waals surface area (Å²) in [6, 6.07) is -0.758. The minimum absolute atomic E-state index is 0.189. The standard InChI is InChI=1S/C5H6F3NO2/c6-5(7,8)4-9-3(1-10)2-11-4/h3,10H,1-2H2. The second-order valence-corrected chi connectivity index (χ2v) is 2.08. The third-order valence-corrected chi connectivity index (χ3v) is 1.17. The maximum Gasteiger partial charge on any atom is 0.468 e. The Balaban J connectivity index is 2.62. The maximum atomic E-state index is 11.7. The molecule has 0 aromatic heterocycles. The van der Waals surface area contributed by atoms with Crippen molar-refractivity contribution >= 4 is 5.90 Å². The first-order chi connectivity index (χ1) is 5.04. The molecule has 3 nitrogen and oxygen atoms in total. The van der Waals surface area contributed by atoms with E-state index in [9.17, 15) is 13.2 Å².